The molecule has 1 fully saturated rings. The lowest BCUT2D eigenvalue weighted by molar-refractivity contribution is 0.0357. The zero-order valence-corrected chi connectivity index (χ0v) is 12.0. The summed E-state index contributed by atoms with van der Waals surface area (Å²) in [5, 5.41) is 4.09. The Morgan fingerprint density at radius 3 is 3.05 bits per heavy atom. The van der Waals surface area contributed by atoms with E-state index in [0.29, 0.717) is 5.56 Å². The van der Waals surface area contributed by atoms with E-state index in [9.17, 15) is 4.79 Å². The number of carbonyl (C=O) groups excluding carboxylic acids is 1. The summed E-state index contributed by atoms with van der Waals surface area (Å²) < 4.78 is 7.17. The SMILES string of the molecule is Cc1cc(C(=O)O[C@@H]2CCSC2)ccc1-n1cncn1. The lowest BCUT2D eigenvalue weighted by Gasteiger charge is -2.12. The van der Waals surface area contributed by atoms with Crippen molar-refractivity contribution >= 4 is 17.7 Å². The lowest BCUT2D eigenvalue weighted by Crippen LogP contribution is -2.17. The predicted octanol–water partition coefficient (Wildman–Crippen LogP) is 2.24. The van der Waals surface area contributed by atoms with Gasteiger partial charge in [0.15, 0.2) is 0 Å². The van der Waals surface area contributed by atoms with Crippen LogP contribution in [0.3, 0.4) is 0 Å². The summed E-state index contributed by atoms with van der Waals surface area (Å²) in [6.07, 6.45) is 4.13. The first-order chi connectivity index (χ1) is 9.74. The minimum Gasteiger partial charge on any atom is -0.458 e. The molecule has 2 aromatic rings. The van der Waals surface area contributed by atoms with Crippen molar-refractivity contribution in [3.05, 3.63) is 42.0 Å². The highest BCUT2D eigenvalue weighted by Crippen LogP contribution is 2.22. The highest BCUT2D eigenvalue weighted by atomic mass is 32.2. The molecule has 5 nitrogen and oxygen atoms in total. The summed E-state index contributed by atoms with van der Waals surface area (Å²) in [7, 11) is 0. The van der Waals surface area contributed by atoms with Gasteiger partial charge in [-0.3, -0.25) is 0 Å². The third kappa shape index (κ3) is 2.70. The van der Waals surface area contributed by atoms with Crippen molar-refractivity contribution in [2.45, 2.75) is 19.4 Å². The zero-order chi connectivity index (χ0) is 13.9. The van der Waals surface area contributed by atoms with E-state index in [4.69, 9.17) is 4.74 Å². The Labute approximate surface area is 121 Å². The maximum Gasteiger partial charge on any atom is 0.338 e. The Kier molecular flexibility index (Phi) is 3.73. The molecule has 0 radical (unpaired) electrons. The number of nitrogens with zero attached hydrogens (tertiary/aromatic N) is 3. The Morgan fingerprint density at radius 2 is 2.40 bits per heavy atom. The molecule has 104 valence electrons. The van der Waals surface area contributed by atoms with Crippen molar-refractivity contribution in [3.63, 3.8) is 0 Å². The van der Waals surface area contributed by atoms with Crippen LogP contribution in [-0.2, 0) is 4.74 Å². The standard InChI is InChI=1S/C14H15N3O2S/c1-10-6-11(14(18)19-12-4-5-20-7-12)2-3-13(10)17-9-15-8-16-17/h2-3,6,8-9,12H,4-5,7H2,1H3/t12-/m1/s1. The van der Waals surface area contributed by atoms with Gasteiger partial charge in [-0.1, -0.05) is 0 Å². The molecule has 2 heterocycles. The average Bonchev–Trinajstić information content (AvgIpc) is 3.11. The number of hydrogen-bond donors (Lipinski definition) is 0. The van der Waals surface area contributed by atoms with E-state index < -0.39 is 0 Å². The van der Waals surface area contributed by atoms with Gasteiger partial charge >= 0.3 is 5.97 Å². The molecule has 0 unspecified atom stereocenters. The fraction of sp³-hybridized carbons (Fsp3) is 0.357. The Bertz CT molecular complexity index is 607. The van der Waals surface area contributed by atoms with Crippen LogP contribution in [0.25, 0.3) is 5.69 Å². The molecule has 0 amide bonds. The van der Waals surface area contributed by atoms with Crippen molar-refractivity contribution in [2.75, 3.05) is 11.5 Å². The number of aryl methyl sites for hydroxylation is 1. The number of thioether (sulfide) groups is 1. The van der Waals surface area contributed by atoms with Crippen LogP contribution in [0.1, 0.15) is 22.3 Å². The van der Waals surface area contributed by atoms with Crippen LogP contribution in [0.4, 0.5) is 0 Å². The van der Waals surface area contributed by atoms with Crippen LogP contribution in [0, 0.1) is 6.92 Å². The fourth-order valence-electron chi connectivity index (χ4n) is 2.20. The van der Waals surface area contributed by atoms with Crippen molar-refractivity contribution < 1.29 is 9.53 Å². The van der Waals surface area contributed by atoms with Gasteiger partial charge in [-0.25, -0.2) is 14.5 Å². The number of hydrogen-bond acceptors (Lipinski definition) is 5. The number of ether oxygens (including phenoxy) is 1. The van der Waals surface area contributed by atoms with E-state index >= 15 is 0 Å². The van der Waals surface area contributed by atoms with Gasteiger partial charge in [-0.2, -0.15) is 16.9 Å². The summed E-state index contributed by atoms with van der Waals surface area (Å²) in [4.78, 5) is 16.0. The molecule has 0 aliphatic carbocycles. The van der Waals surface area contributed by atoms with Crippen LogP contribution in [0.15, 0.2) is 30.9 Å². The summed E-state index contributed by atoms with van der Waals surface area (Å²) in [6, 6.07) is 5.47. The Hall–Kier alpha value is -1.82. The maximum atomic E-state index is 12.1. The smallest absolute Gasteiger partial charge is 0.338 e. The summed E-state index contributed by atoms with van der Waals surface area (Å²) in [5.41, 5.74) is 2.46. The monoisotopic (exact) mass is 289 g/mol. The van der Waals surface area contributed by atoms with Crippen molar-refractivity contribution in [1.29, 1.82) is 0 Å². The summed E-state index contributed by atoms with van der Waals surface area (Å²) >= 11 is 1.83. The predicted molar refractivity (Wildman–Crippen MR) is 77.2 cm³/mol. The topological polar surface area (TPSA) is 57.0 Å². The number of esters is 1. The van der Waals surface area contributed by atoms with Crippen LogP contribution in [0.5, 0.6) is 0 Å². The van der Waals surface area contributed by atoms with E-state index in [1.807, 2.05) is 30.8 Å². The molecule has 1 aromatic heterocycles. The van der Waals surface area contributed by atoms with Crippen LogP contribution in [-0.4, -0.2) is 38.3 Å². The Morgan fingerprint density at radius 1 is 1.50 bits per heavy atom. The molecule has 0 N–H and O–H groups in total. The van der Waals surface area contributed by atoms with Gasteiger partial charge in [0.05, 0.1) is 11.3 Å². The quantitative estimate of drug-likeness (QED) is 0.811. The van der Waals surface area contributed by atoms with Crippen molar-refractivity contribution in [1.82, 2.24) is 14.8 Å². The van der Waals surface area contributed by atoms with Gasteiger partial charge in [0.25, 0.3) is 0 Å². The average molecular weight is 289 g/mol. The van der Waals surface area contributed by atoms with Gasteiger partial charge in [0, 0.05) is 5.75 Å². The van der Waals surface area contributed by atoms with E-state index in [2.05, 4.69) is 10.1 Å². The Balaban J connectivity index is 1.77. The van der Waals surface area contributed by atoms with Crippen molar-refractivity contribution in [3.8, 4) is 5.69 Å². The molecule has 0 saturated carbocycles. The molecule has 1 saturated heterocycles. The molecule has 3 rings (SSSR count). The van der Waals surface area contributed by atoms with Crippen LogP contribution < -0.4 is 0 Å². The van der Waals surface area contributed by atoms with E-state index in [-0.39, 0.29) is 12.1 Å². The van der Waals surface area contributed by atoms with Gasteiger partial charge in [-0.15, -0.1) is 0 Å². The normalized spacial score (nSPS) is 18.1. The maximum absolute atomic E-state index is 12.1. The minimum atomic E-state index is -0.245. The number of rotatable bonds is 3. The van der Waals surface area contributed by atoms with Gasteiger partial charge in [0.1, 0.15) is 18.8 Å². The molecular formula is C14H15N3O2S. The lowest BCUT2D eigenvalue weighted by atomic mass is 10.1. The molecule has 20 heavy (non-hydrogen) atoms. The third-order valence-electron chi connectivity index (χ3n) is 3.26. The second-order valence-electron chi connectivity index (χ2n) is 4.73. The van der Waals surface area contributed by atoms with Gasteiger partial charge < -0.3 is 4.74 Å². The molecule has 6 heteroatoms. The van der Waals surface area contributed by atoms with Crippen molar-refractivity contribution in [2.24, 2.45) is 0 Å². The summed E-state index contributed by atoms with van der Waals surface area (Å²) in [6.45, 7) is 1.94. The molecule has 0 spiro atoms. The first-order valence-corrected chi connectivity index (χ1v) is 7.64. The van der Waals surface area contributed by atoms with Gasteiger partial charge in [-0.05, 0) is 42.9 Å². The third-order valence-corrected chi connectivity index (χ3v) is 4.39. The second-order valence-corrected chi connectivity index (χ2v) is 5.88. The highest BCUT2D eigenvalue weighted by molar-refractivity contribution is 7.99. The largest absolute Gasteiger partial charge is 0.458 e. The molecule has 1 aliphatic heterocycles. The van der Waals surface area contributed by atoms with Gasteiger partial charge in [0.2, 0.25) is 0 Å². The number of benzene rings is 1. The summed E-state index contributed by atoms with van der Waals surface area (Å²) in [5.74, 6) is 1.73. The molecule has 1 aliphatic rings. The molecule has 1 aromatic carbocycles. The van der Waals surface area contributed by atoms with E-state index in [1.165, 1.54) is 6.33 Å². The minimum absolute atomic E-state index is 0.0581. The van der Waals surface area contributed by atoms with Crippen LogP contribution >= 0.6 is 11.8 Å². The fourth-order valence-corrected chi connectivity index (χ4v) is 3.29. The highest BCUT2D eigenvalue weighted by Gasteiger charge is 2.20. The first kappa shape index (κ1) is 13.2. The van der Waals surface area contributed by atoms with E-state index in [1.54, 1.807) is 17.1 Å². The zero-order valence-electron chi connectivity index (χ0n) is 11.2. The second kappa shape index (κ2) is 5.66. The molecule has 1 atom stereocenters. The number of carbonyl (C=O) groups is 1. The van der Waals surface area contributed by atoms with Crippen LogP contribution in [0.2, 0.25) is 0 Å². The number of aromatic nitrogens is 3. The molecular weight excluding hydrogens is 274 g/mol. The molecule has 0 bridgehead atoms. The van der Waals surface area contributed by atoms with E-state index in [0.717, 1.165) is 29.2 Å². The first-order valence-electron chi connectivity index (χ1n) is 6.48.